The number of nitrogens with zero attached hydrogens (tertiary/aromatic N) is 4. The van der Waals surface area contributed by atoms with Crippen molar-refractivity contribution >= 4 is 10.9 Å². The highest BCUT2D eigenvalue weighted by molar-refractivity contribution is 5.95. The minimum absolute atomic E-state index is 0.0108. The van der Waals surface area contributed by atoms with Crippen LogP contribution in [0.15, 0.2) is 36.8 Å². The maximum atomic E-state index is 15.4. The molecule has 5 rings (SSSR count). The number of nitrogens with one attached hydrogen (secondary N) is 1. The molecule has 3 aromatic heterocycles. The molecule has 0 bridgehead atoms. The summed E-state index contributed by atoms with van der Waals surface area (Å²) in [7, 11) is 1.81. The van der Waals surface area contributed by atoms with Crippen LogP contribution in [0.1, 0.15) is 23.6 Å². The van der Waals surface area contributed by atoms with Gasteiger partial charge in [0.05, 0.1) is 23.3 Å². The van der Waals surface area contributed by atoms with Gasteiger partial charge in [0.1, 0.15) is 11.4 Å². The minimum atomic E-state index is -0.387. The van der Waals surface area contributed by atoms with Crippen molar-refractivity contribution in [3.8, 4) is 22.5 Å². The van der Waals surface area contributed by atoms with Crippen molar-refractivity contribution in [1.29, 1.82) is 0 Å². The molecule has 1 aliphatic carbocycles. The highest BCUT2D eigenvalue weighted by Crippen LogP contribution is 2.36. The van der Waals surface area contributed by atoms with E-state index in [1.807, 2.05) is 31.4 Å². The lowest BCUT2D eigenvalue weighted by Crippen LogP contribution is -2.05. The summed E-state index contributed by atoms with van der Waals surface area (Å²) in [6.07, 6.45) is 7.00. The second-order valence-electron chi connectivity index (χ2n) is 6.74. The fourth-order valence-electron chi connectivity index (χ4n) is 3.71. The van der Waals surface area contributed by atoms with Crippen molar-refractivity contribution in [3.05, 3.63) is 53.7 Å². The molecule has 1 unspecified atom stereocenters. The molecule has 0 aliphatic heterocycles. The molecule has 1 aliphatic rings. The molecule has 26 heavy (non-hydrogen) atoms. The Kier molecular flexibility index (Phi) is 3.20. The molecule has 1 aromatic carbocycles. The standard InChI is InChI=1S/C19H17FN6/c1-26-9-12(7-23-26)18-16-15(24-25-18)8-22-19(17(16)20)11-3-2-10-4-5-14(21)13(10)6-11/h2-3,6-9,14H,4-5,21H2,1H3,(H,24,25). The Morgan fingerprint density at radius 1 is 1.23 bits per heavy atom. The van der Waals surface area contributed by atoms with Crippen molar-refractivity contribution in [3.63, 3.8) is 0 Å². The minimum Gasteiger partial charge on any atom is -0.324 e. The molecule has 3 heterocycles. The number of nitrogens with two attached hydrogens (primary N) is 1. The summed E-state index contributed by atoms with van der Waals surface area (Å²) in [5.74, 6) is -0.387. The van der Waals surface area contributed by atoms with E-state index in [2.05, 4.69) is 20.3 Å². The summed E-state index contributed by atoms with van der Waals surface area (Å²) in [6.45, 7) is 0. The molecule has 0 spiro atoms. The molecule has 0 amide bonds. The molecule has 130 valence electrons. The summed E-state index contributed by atoms with van der Waals surface area (Å²) < 4.78 is 17.1. The van der Waals surface area contributed by atoms with Gasteiger partial charge in [-0.3, -0.25) is 14.8 Å². The Morgan fingerprint density at radius 2 is 2.12 bits per heavy atom. The molecule has 7 heteroatoms. The monoisotopic (exact) mass is 348 g/mol. The summed E-state index contributed by atoms with van der Waals surface area (Å²) >= 11 is 0. The van der Waals surface area contributed by atoms with Crippen LogP contribution < -0.4 is 5.73 Å². The maximum Gasteiger partial charge on any atom is 0.161 e. The number of aromatic amines is 1. The number of rotatable bonds is 2. The van der Waals surface area contributed by atoms with Crippen molar-refractivity contribution in [2.45, 2.75) is 18.9 Å². The highest BCUT2D eigenvalue weighted by atomic mass is 19.1. The zero-order valence-corrected chi connectivity index (χ0v) is 14.2. The first-order valence-electron chi connectivity index (χ1n) is 8.52. The van der Waals surface area contributed by atoms with Crippen LogP contribution in [0.3, 0.4) is 0 Å². The van der Waals surface area contributed by atoms with Crippen LogP contribution in [0.5, 0.6) is 0 Å². The first-order chi connectivity index (χ1) is 12.6. The third-order valence-corrected chi connectivity index (χ3v) is 5.07. The number of fused-ring (bicyclic) bond motifs is 2. The first kappa shape index (κ1) is 15.2. The fraction of sp³-hybridized carbons (Fsp3) is 0.211. The molecule has 0 radical (unpaired) electrons. The zero-order valence-electron chi connectivity index (χ0n) is 14.2. The normalized spacial score (nSPS) is 16.3. The SMILES string of the molecule is Cn1cc(-c2n[nH]c3cnc(-c4ccc5c(c4)C(N)CC5)c(F)c23)cn1. The van der Waals surface area contributed by atoms with Crippen molar-refractivity contribution in [2.75, 3.05) is 0 Å². The van der Waals surface area contributed by atoms with Crippen LogP contribution in [0.2, 0.25) is 0 Å². The molecular weight excluding hydrogens is 331 g/mol. The van der Waals surface area contributed by atoms with Crippen molar-refractivity contribution < 1.29 is 4.39 Å². The molecule has 0 fully saturated rings. The van der Waals surface area contributed by atoms with E-state index < -0.39 is 0 Å². The zero-order chi connectivity index (χ0) is 17.8. The number of aryl methyl sites for hydroxylation is 2. The van der Waals surface area contributed by atoms with Gasteiger partial charge >= 0.3 is 0 Å². The number of hydrogen-bond donors (Lipinski definition) is 2. The predicted octanol–water partition coefficient (Wildman–Crippen LogP) is 3.11. The van der Waals surface area contributed by atoms with E-state index in [1.54, 1.807) is 17.1 Å². The molecule has 6 nitrogen and oxygen atoms in total. The number of hydrogen-bond acceptors (Lipinski definition) is 4. The third kappa shape index (κ3) is 2.17. The highest BCUT2D eigenvalue weighted by Gasteiger charge is 2.22. The van der Waals surface area contributed by atoms with Gasteiger partial charge in [-0.1, -0.05) is 12.1 Å². The largest absolute Gasteiger partial charge is 0.324 e. The summed E-state index contributed by atoms with van der Waals surface area (Å²) in [6, 6.07) is 5.92. The summed E-state index contributed by atoms with van der Waals surface area (Å²) in [5.41, 5.74) is 11.4. The molecule has 4 aromatic rings. The van der Waals surface area contributed by atoms with Crippen LogP contribution in [0.4, 0.5) is 4.39 Å². The molecule has 0 saturated heterocycles. The van der Waals surface area contributed by atoms with Crippen LogP contribution >= 0.6 is 0 Å². The third-order valence-electron chi connectivity index (χ3n) is 5.07. The van der Waals surface area contributed by atoms with Crippen LogP contribution in [0.25, 0.3) is 33.4 Å². The molecule has 1 atom stereocenters. The van der Waals surface area contributed by atoms with Gasteiger partial charge < -0.3 is 5.73 Å². The Balaban J connectivity index is 1.70. The molecule has 3 N–H and O–H groups in total. The number of aromatic nitrogens is 5. The number of pyridine rings is 1. The number of benzene rings is 1. The van der Waals surface area contributed by atoms with Gasteiger partial charge in [0.25, 0.3) is 0 Å². The van der Waals surface area contributed by atoms with E-state index in [4.69, 9.17) is 5.73 Å². The van der Waals surface area contributed by atoms with Gasteiger partial charge in [-0.05, 0) is 30.0 Å². The predicted molar refractivity (Wildman–Crippen MR) is 96.7 cm³/mol. The van der Waals surface area contributed by atoms with Gasteiger partial charge in [-0.15, -0.1) is 0 Å². The topological polar surface area (TPSA) is 85.4 Å². The average molecular weight is 348 g/mol. The van der Waals surface area contributed by atoms with E-state index in [0.717, 1.165) is 29.5 Å². The molecular formula is C19H17FN6. The van der Waals surface area contributed by atoms with Crippen LogP contribution in [-0.4, -0.2) is 25.0 Å². The van der Waals surface area contributed by atoms with Crippen molar-refractivity contribution in [2.24, 2.45) is 12.8 Å². The Hall–Kier alpha value is -3.06. The number of H-pyrrole nitrogens is 1. The lowest BCUT2D eigenvalue weighted by molar-refractivity contribution is 0.638. The number of halogens is 1. The fourth-order valence-corrected chi connectivity index (χ4v) is 3.71. The Bertz CT molecular complexity index is 1140. The lowest BCUT2D eigenvalue weighted by Gasteiger charge is -2.09. The summed E-state index contributed by atoms with van der Waals surface area (Å²) in [4.78, 5) is 4.33. The van der Waals surface area contributed by atoms with E-state index in [1.165, 1.54) is 5.56 Å². The van der Waals surface area contributed by atoms with Gasteiger partial charge in [0.2, 0.25) is 0 Å². The van der Waals surface area contributed by atoms with Crippen molar-refractivity contribution in [1.82, 2.24) is 25.0 Å². The Labute approximate surface area is 148 Å². The van der Waals surface area contributed by atoms with Gasteiger partial charge in [-0.2, -0.15) is 10.2 Å². The van der Waals surface area contributed by atoms with E-state index >= 15 is 4.39 Å². The first-order valence-corrected chi connectivity index (χ1v) is 8.52. The summed E-state index contributed by atoms with van der Waals surface area (Å²) in [5, 5.41) is 11.7. The second-order valence-corrected chi connectivity index (χ2v) is 6.74. The quantitative estimate of drug-likeness (QED) is 0.583. The average Bonchev–Trinajstić information content (AvgIpc) is 3.34. The van der Waals surface area contributed by atoms with E-state index in [-0.39, 0.29) is 11.9 Å². The van der Waals surface area contributed by atoms with Gasteiger partial charge in [-0.25, -0.2) is 4.39 Å². The van der Waals surface area contributed by atoms with Gasteiger partial charge in [0.15, 0.2) is 5.82 Å². The van der Waals surface area contributed by atoms with E-state index in [9.17, 15) is 0 Å². The second kappa shape index (κ2) is 5.47. The maximum absolute atomic E-state index is 15.4. The molecule has 0 saturated carbocycles. The van der Waals surface area contributed by atoms with E-state index in [0.29, 0.717) is 22.3 Å². The smallest absolute Gasteiger partial charge is 0.161 e. The van der Waals surface area contributed by atoms with Crippen LogP contribution in [-0.2, 0) is 13.5 Å². The van der Waals surface area contributed by atoms with Gasteiger partial charge in [0, 0.05) is 30.4 Å². The lowest BCUT2D eigenvalue weighted by atomic mass is 10.0. The van der Waals surface area contributed by atoms with Crippen LogP contribution in [0, 0.1) is 5.82 Å². The Morgan fingerprint density at radius 3 is 2.92 bits per heavy atom.